The molecule has 0 saturated heterocycles. The van der Waals surface area contributed by atoms with E-state index in [1.54, 1.807) is 6.07 Å². The van der Waals surface area contributed by atoms with E-state index in [0.29, 0.717) is 12.3 Å². The number of hydrogen-bond donors (Lipinski definition) is 1. The van der Waals surface area contributed by atoms with Crippen LogP contribution >= 0.6 is 11.6 Å². The first kappa shape index (κ1) is 15.2. The molecule has 1 aromatic carbocycles. The first-order valence-electron chi connectivity index (χ1n) is 6.27. The van der Waals surface area contributed by atoms with Gasteiger partial charge in [-0.25, -0.2) is 4.39 Å². The lowest BCUT2D eigenvalue weighted by Crippen LogP contribution is -2.05. The van der Waals surface area contributed by atoms with Crippen molar-refractivity contribution < 1.29 is 13.9 Å². The number of ether oxygens (including phenoxy) is 2. The molecule has 0 unspecified atom stereocenters. The van der Waals surface area contributed by atoms with Crippen LogP contribution in [0.15, 0.2) is 18.2 Å². The van der Waals surface area contributed by atoms with Crippen LogP contribution in [0.2, 0.25) is 5.28 Å². The van der Waals surface area contributed by atoms with Gasteiger partial charge in [-0.05, 0) is 30.2 Å². The van der Waals surface area contributed by atoms with E-state index >= 15 is 0 Å². The molecule has 0 atom stereocenters. The number of halogens is 2. The summed E-state index contributed by atoms with van der Waals surface area (Å²) in [5, 5.41) is 2.82. The average molecular weight is 313 g/mol. The van der Waals surface area contributed by atoms with E-state index in [9.17, 15) is 4.39 Å². The molecule has 21 heavy (non-hydrogen) atoms. The molecule has 0 aliphatic carbocycles. The normalized spacial score (nSPS) is 10.3. The third kappa shape index (κ3) is 4.16. The van der Waals surface area contributed by atoms with Crippen molar-refractivity contribution in [3.63, 3.8) is 0 Å². The zero-order valence-corrected chi connectivity index (χ0v) is 12.3. The summed E-state index contributed by atoms with van der Waals surface area (Å²) in [7, 11) is 1.40. The fraction of sp³-hybridized carbons (Fsp3) is 0.308. The van der Waals surface area contributed by atoms with E-state index in [1.807, 2.05) is 6.92 Å². The summed E-state index contributed by atoms with van der Waals surface area (Å²) in [4.78, 5) is 11.8. The summed E-state index contributed by atoms with van der Waals surface area (Å²) >= 11 is 5.80. The van der Waals surface area contributed by atoms with Crippen molar-refractivity contribution in [3.8, 4) is 11.8 Å². The molecule has 1 heterocycles. The maximum absolute atomic E-state index is 13.6. The van der Waals surface area contributed by atoms with E-state index in [1.165, 1.54) is 19.2 Å². The molecule has 0 amide bonds. The van der Waals surface area contributed by atoms with Crippen LogP contribution in [0, 0.1) is 5.82 Å². The Labute approximate surface area is 126 Å². The van der Waals surface area contributed by atoms with Gasteiger partial charge in [-0.2, -0.15) is 15.0 Å². The van der Waals surface area contributed by atoms with Gasteiger partial charge in [0.15, 0.2) is 11.6 Å². The van der Waals surface area contributed by atoms with Crippen molar-refractivity contribution in [2.24, 2.45) is 0 Å². The molecule has 0 radical (unpaired) electrons. The molecule has 8 heteroatoms. The van der Waals surface area contributed by atoms with E-state index in [-0.39, 0.29) is 23.0 Å². The molecule has 1 aromatic heterocycles. The topological polar surface area (TPSA) is 69.2 Å². The van der Waals surface area contributed by atoms with Crippen LogP contribution in [0.3, 0.4) is 0 Å². The van der Waals surface area contributed by atoms with Gasteiger partial charge in [0.1, 0.15) is 0 Å². The van der Waals surface area contributed by atoms with E-state index in [4.69, 9.17) is 21.1 Å². The van der Waals surface area contributed by atoms with Crippen LogP contribution in [-0.4, -0.2) is 28.7 Å². The quantitative estimate of drug-likeness (QED) is 0.883. The number of methoxy groups -OCH3 is 1. The van der Waals surface area contributed by atoms with Gasteiger partial charge in [-0.3, -0.25) is 0 Å². The van der Waals surface area contributed by atoms with Crippen LogP contribution in [0.5, 0.6) is 11.8 Å². The molecule has 0 aliphatic rings. The monoisotopic (exact) mass is 312 g/mol. The molecular weight excluding hydrogens is 299 g/mol. The minimum Gasteiger partial charge on any atom is -0.494 e. The fourth-order valence-corrected chi connectivity index (χ4v) is 1.67. The second kappa shape index (κ2) is 7.03. The fourth-order valence-electron chi connectivity index (χ4n) is 1.52. The zero-order valence-electron chi connectivity index (χ0n) is 11.6. The molecular formula is C13H14ClFN4O2. The average Bonchev–Trinajstić information content (AvgIpc) is 2.45. The summed E-state index contributed by atoms with van der Waals surface area (Å²) in [6.07, 6.45) is 0.815. The minimum absolute atomic E-state index is 0.00686. The first-order valence-corrected chi connectivity index (χ1v) is 6.65. The van der Waals surface area contributed by atoms with Crippen LogP contribution < -0.4 is 14.8 Å². The lowest BCUT2D eigenvalue weighted by Gasteiger charge is -2.08. The van der Waals surface area contributed by atoms with E-state index in [2.05, 4.69) is 20.3 Å². The van der Waals surface area contributed by atoms with Crippen LogP contribution in [-0.2, 0) is 0 Å². The van der Waals surface area contributed by atoms with Gasteiger partial charge in [0.2, 0.25) is 11.2 Å². The highest BCUT2D eigenvalue weighted by molar-refractivity contribution is 6.28. The summed E-state index contributed by atoms with van der Waals surface area (Å²) in [5.74, 6) is -0.169. The van der Waals surface area contributed by atoms with Crippen LogP contribution in [0.25, 0.3) is 0 Å². The minimum atomic E-state index is -0.495. The predicted octanol–water partition coefficient (Wildman–Crippen LogP) is 3.21. The number of nitrogens with zero attached hydrogens (tertiary/aromatic N) is 3. The van der Waals surface area contributed by atoms with Crippen molar-refractivity contribution in [3.05, 3.63) is 29.3 Å². The Morgan fingerprint density at radius 2 is 2.10 bits per heavy atom. The molecule has 2 aromatic rings. The Kier molecular flexibility index (Phi) is 5.10. The molecule has 112 valence electrons. The number of anilines is 2. The summed E-state index contributed by atoms with van der Waals surface area (Å²) < 4.78 is 23.8. The molecule has 6 nitrogen and oxygen atoms in total. The van der Waals surface area contributed by atoms with Gasteiger partial charge < -0.3 is 14.8 Å². The lowest BCUT2D eigenvalue weighted by atomic mass is 10.3. The number of rotatable bonds is 6. The van der Waals surface area contributed by atoms with Gasteiger partial charge in [-0.15, -0.1) is 0 Å². The third-order valence-electron chi connectivity index (χ3n) is 2.43. The Bertz CT molecular complexity index is 627. The number of hydrogen-bond acceptors (Lipinski definition) is 6. The van der Waals surface area contributed by atoms with Gasteiger partial charge in [-0.1, -0.05) is 6.92 Å². The molecule has 0 saturated carbocycles. The third-order valence-corrected chi connectivity index (χ3v) is 2.60. The van der Waals surface area contributed by atoms with Gasteiger partial charge in [0, 0.05) is 11.8 Å². The standard InChI is InChI=1S/C13H14ClFN4O2/c1-3-6-21-13-18-11(14)17-12(19-13)16-8-4-5-10(20-2)9(15)7-8/h4-5,7H,3,6H2,1-2H3,(H,16,17,18,19). The van der Waals surface area contributed by atoms with Gasteiger partial charge >= 0.3 is 6.01 Å². The van der Waals surface area contributed by atoms with Crippen molar-refractivity contribution in [1.82, 2.24) is 15.0 Å². The first-order chi connectivity index (χ1) is 10.1. The van der Waals surface area contributed by atoms with E-state index in [0.717, 1.165) is 6.42 Å². The Hall–Kier alpha value is -2.15. The zero-order chi connectivity index (χ0) is 15.2. The number of aromatic nitrogens is 3. The van der Waals surface area contributed by atoms with Gasteiger partial charge in [0.05, 0.1) is 13.7 Å². The van der Waals surface area contributed by atoms with E-state index < -0.39 is 5.82 Å². The molecule has 0 bridgehead atoms. The lowest BCUT2D eigenvalue weighted by molar-refractivity contribution is 0.292. The largest absolute Gasteiger partial charge is 0.494 e. The highest BCUT2D eigenvalue weighted by atomic mass is 35.5. The smallest absolute Gasteiger partial charge is 0.322 e. The predicted molar refractivity (Wildman–Crippen MR) is 76.9 cm³/mol. The highest BCUT2D eigenvalue weighted by Gasteiger charge is 2.08. The highest BCUT2D eigenvalue weighted by Crippen LogP contribution is 2.23. The van der Waals surface area contributed by atoms with Gasteiger partial charge in [0.25, 0.3) is 0 Å². The van der Waals surface area contributed by atoms with Crippen LogP contribution in [0.1, 0.15) is 13.3 Å². The Balaban J connectivity index is 2.18. The Morgan fingerprint density at radius 1 is 1.29 bits per heavy atom. The molecule has 1 N–H and O–H groups in total. The number of nitrogens with one attached hydrogen (secondary N) is 1. The second-order valence-corrected chi connectivity index (χ2v) is 4.37. The second-order valence-electron chi connectivity index (χ2n) is 4.03. The van der Waals surface area contributed by atoms with Crippen LogP contribution in [0.4, 0.5) is 16.0 Å². The summed E-state index contributed by atoms with van der Waals surface area (Å²) in [6, 6.07) is 4.51. The molecule has 2 rings (SSSR count). The summed E-state index contributed by atoms with van der Waals surface area (Å²) in [5.41, 5.74) is 0.456. The maximum atomic E-state index is 13.6. The molecule has 0 aliphatic heterocycles. The van der Waals surface area contributed by atoms with Crippen molar-refractivity contribution in [2.75, 3.05) is 19.0 Å². The SMILES string of the molecule is CCCOc1nc(Cl)nc(Nc2ccc(OC)c(F)c2)n1. The molecule has 0 fully saturated rings. The number of benzene rings is 1. The van der Waals surface area contributed by atoms with Crippen molar-refractivity contribution in [2.45, 2.75) is 13.3 Å². The summed E-state index contributed by atoms with van der Waals surface area (Å²) in [6.45, 7) is 2.43. The maximum Gasteiger partial charge on any atom is 0.322 e. The van der Waals surface area contributed by atoms with Crippen molar-refractivity contribution in [1.29, 1.82) is 0 Å². The molecule has 0 spiro atoms. The Morgan fingerprint density at radius 3 is 2.76 bits per heavy atom. The van der Waals surface area contributed by atoms with Crippen molar-refractivity contribution >= 4 is 23.2 Å².